The zero-order valence-electron chi connectivity index (χ0n) is 11.4. The highest BCUT2D eigenvalue weighted by Gasteiger charge is 2.40. The van der Waals surface area contributed by atoms with E-state index in [0.717, 1.165) is 30.0 Å². The zero-order valence-corrected chi connectivity index (χ0v) is 12.2. The fraction of sp³-hybridized carbons (Fsp3) is 0.600. The molecule has 1 fully saturated rings. The molecular formula is C15H22ClNO. The summed E-state index contributed by atoms with van der Waals surface area (Å²) in [5.41, 5.74) is 2.39. The van der Waals surface area contributed by atoms with Crippen molar-refractivity contribution in [1.82, 2.24) is 0 Å². The molecular weight excluding hydrogens is 246 g/mol. The van der Waals surface area contributed by atoms with Crippen LogP contribution in [0.25, 0.3) is 0 Å². The van der Waals surface area contributed by atoms with Crippen LogP contribution in [0, 0.1) is 12.8 Å². The quantitative estimate of drug-likeness (QED) is 0.904. The Bertz CT molecular complexity index is 431. The third-order valence-electron chi connectivity index (χ3n) is 4.34. The van der Waals surface area contributed by atoms with Crippen molar-refractivity contribution >= 4 is 17.3 Å². The maximum absolute atomic E-state index is 9.16. The summed E-state index contributed by atoms with van der Waals surface area (Å²) in [5.74, 6) is 0.544. The van der Waals surface area contributed by atoms with Crippen molar-refractivity contribution in [2.24, 2.45) is 5.92 Å². The minimum atomic E-state index is 0.0846. The number of benzene rings is 1. The van der Waals surface area contributed by atoms with Crippen molar-refractivity contribution in [3.63, 3.8) is 0 Å². The van der Waals surface area contributed by atoms with Crippen LogP contribution in [0.1, 0.15) is 32.3 Å². The highest BCUT2D eigenvalue weighted by Crippen LogP contribution is 2.40. The van der Waals surface area contributed by atoms with E-state index in [2.05, 4.69) is 36.9 Å². The molecule has 2 nitrogen and oxygen atoms in total. The lowest BCUT2D eigenvalue weighted by Crippen LogP contribution is -2.42. The Morgan fingerprint density at radius 2 is 2.17 bits per heavy atom. The molecule has 2 rings (SSSR count). The summed E-state index contributed by atoms with van der Waals surface area (Å²) in [7, 11) is 0. The molecule has 100 valence electrons. The van der Waals surface area contributed by atoms with Crippen molar-refractivity contribution in [2.45, 2.75) is 39.2 Å². The van der Waals surface area contributed by atoms with Crippen molar-refractivity contribution in [2.75, 3.05) is 18.1 Å². The topological polar surface area (TPSA) is 23.5 Å². The number of nitrogens with zero attached hydrogens (tertiary/aromatic N) is 1. The molecule has 1 saturated heterocycles. The van der Waals surface area contributed by atoms with Crippen LogP contribution in [0.3, 0.4) is 0 Å². The predicted octanol–water partition coefficient (Wildman–Crippen LogP) is 3.64. The van der Waals surface area contributed by atoms with Crippen molar-refractivity contribution < 1.29 is 5.11 Å². The second-order valence-corrected chi connectivity index (χ2v) is 6.14. The Labute approximate surface area is 115 Å². The summed E-state index contributed by atoms with van der Waals surface area (Å²) in [6, 6.07) is 6.28. The van der Waals surface area contributed by atoms with Gasteiger partial charge < -0.3 is 10.0 Å². The molecule has 3 heteroatoms. The molecule has 1 aliphatic heterocycles. The van der Waals surface area contributed by atoms with E-state index in [0.29, 0.717) is 5.92 Å². The molecule has 0 bridgehead atoms. The molecule has 1 atom stereocenters. The molecule has 0 radical (unpaired) electrons. The molecule has 0 aromatic heterocycles. The van der Waals surface area contributed by atoms with E-state index in [4.69, 9.17) is 16.7 Å². The number of rotatable bonds is 3. The number of aliphatic hydroxyl groups excluding tert-OH is 1. The summed E-state index contributed by atoms with van der Waals surface area (Å²) in [6.07, 6.45) is 2.02. The van der Waals surface area contributed by atoms with Crippen LogP contribution in [0.2, 0.25) is 5.02 Å². The smallest absolute Gasteiger partial charge is 0.0455 e. The minimum absolute atomic E-state index is 0.0846. The van der Waals surface area contributed by atoms with E-state index in [1.807, 2.05) is 6.92 Å². The highest BCUT2D eigenvalue weighted by molar-refractivity contribution is 6.31. The van der Waals surface area contributed by atoms with Crippen LogP contribution in [0.4, 0.5) is 5.69 Å². The van der Waals surface area contributed by atoms with Crippen LogP contribution >= 0.6 is 11.6 Å². The largest absolute Gasteiger partial charge is 0.396 e. The van der Waals surface area contributed by atoms with Crippen LogP contribution in [-0.2, 0) is 0 Å². The van der Waals surface area contributed by atoms with Crippen LogP contribution in [0.15, 0.2) is 18.2 Å². The maximum atomic E-state index is 9.16. The van der Waals surface area contributed by atoms with E-state index in [1.54, 1.807) is 0 Å². The summed E-state index contributed by atoms with van der Waals surface area (Å²) in [5, 5.41) is 9.98. The lowest BCUT2D eigenvalue weighted by Gasteiger charge is -2.38. The summed E-state index contributed by atoms with van der Waals surface area (Å²) < 4.78 is 0. The normalized spacial score (nSPS) is 22.5. The average Bonchev–Trinajstić information content (AvgIpc) is 2.60. The Hall–Kier alpha value is -0.730. The van der Waals surface area contributed by atoms with Crippen LogP contribution < -0.4 is 4.90 Å². The zero-order chi connectivity index (χ0) is 13.3. The highest BCUT2D eigenvalue weighted by atomic mass is 35.5. The van der Waals surface area contributed by atoms with E-state index in [9.17, 15) is 0 Å². The first-order valence-corrected chi connectivity index (χ1v) is 6.99. The summed E-state index contributed by atoms with van der Waals surface area (Å²) in [6.45, 7) is 7.85. The van der Waals surface area contributed by atoms with Gasteiger partial charge >= 0.3 is 0 Å². The first kappa shape index (κ1) is 13.7. The Kier molecular flexibility index (Phi) is 3.88. The van der Waals surface area contributed by atoms with Crippen molar-refractivity contribution in [3.05, 3.63) is 28.8 Å². The van der Waals surface area contributed by atoms with Crippen LogP contribution in [0.5, 0.6) is 0 Å². The van der Waals surface area contributed by atoms with Gasteiger partial charge in [-0.3, -0.25) is 0 Å². The van der Waals surface area contributed by atoms with Gasteiger partial charge in [-0.05, 0) is 57.2 Å². The molecule has 0 spiro atoms. The molecule has 1 heterocycles. The number of anilines is 1. The van der Waals surface area contributed by atoms with Gasteiger partial charge in [0.15, 0.2) is 0 Å². The third kappa shape index (κ3) is 2.36. The second kappa shape index (κ2) is 5.10. The molecule has 1 aliphatic rings. The molecule has 18 heavy (non-hydrogen) atoms. The lowest BCUT2D eigenvalue weighted by molar-refractivity contribution is 0.229. The van der Waals surface area contributed by atoms with Gasteiger partial charge in [-0.25, -0.2) is 0 Å². The van der Waals surface area contributed by atoms with Gasteiger partial charge in [0, 0.05) is 29.4 Å². The first-order valence-electron chi connectivity index (χ1n) is 6.61. The molecule has 1 unspecified atom stereocenters. The molecule has 0 saturated carbocycles. The Morgan fingerprint density at radius 1 is 1.44 bits per heavy atom. The summed E-state index contributed by atoms with van der Waals surface area (Å²) >= 11 is 6.22. The fourth-order valence-corrected chi connectivity index (χ4v) is 3.19. The number of aryl methyl sites for hydroxylation is 1. The Balaban J connectivity index is 2.26. The molecule has 0 amide bonds. The predicted molar refractivity (Wildman–Crippen MR) is 77.4 cm³/mol. The molecule has 1 aromatic rings. The van der Waals surface area contributed by atoms with E-state index in [1.165, 1.54) is 5.69 Å². The number of hydrogen-bond acceptors (Lipinski definition) is 2. The third-order valence-corrected chi connectivity index (χ3v) is 4.75. The second-order valence-electron chi connectivity index (χ2n) is 5.74. The van der Waals surface area contributed by atoms with Crippen LogP contribution in [-0.4, -0.2) is 23.8 Å². The van der Waals surface area contributed by atoms with E-state index >= 15 is 0 Å². The van der Waals surface area contributed by atoms with Gasteiger partial charge in [-0.1, -0.05) is 17.7 Å². The lowest BCUT2D eigenvalue weighted by atomic mass is 9.86. The first-order chi connectivity index (χ1) is 8.46. The minimum Gasteiger partial charge on any atom is -0.396 e. The van der Waals surface area contributed by atoms with Gasteiger partial charge in [0.1, 0.15) is 0 Å². The van der Waals surface area contributed by atoms with E-state index < -0.39 is 0 Å². The van der Waals surface area contributed by atoms with Crippen molar-refractivity contribution in [1.29, 1.82) is 0 Å². The van der Waals surface area contributed by atoms with Gasteiger partial charge in [0.05, 0.1) is 0 Å². The average molecular weight is 268 g/mol. The maximum Gasteiger partial charge on any atom is 0.0455 e. The summed E-state index contributed by atoms with van der Waals surface area (Å²) in [4.78, 5) is 2.42. The van der Waals surface area contributed by atoms with Gasteiger partial charge in [0.2, 0.25) is 0 Å². The number of halogens is 1. The van der Waals surface area contributed by atoms with Gasteiger partial charge in [-0.2, -0.15) is 0 Å². The monoisotopic (exact) mass is 267 g/mol. The molecule has 0 aliphatic carbocycles. The van der Waals surface area contributed by atoms with E-state index in [-0.39, 0.29) is 12.1 Å². The molecule has 1 aromatic carbocycles. The van der Waals surface area contributed by atoms with Gasteiger partial charge in [0.25, 0.3) is 0 Å². The SMILES string of the molecule is Cc1ccc(N2CCC(CCO)C2(C)C)cc1Cl. The molecule has 1 N–H and O–H groups in total. The van der Waals surface area contributed by atoms with Crippen molar-refractivity contribution in [3.8, 4) is 0 Å². The standard InChI is InChI=1S/C15H22ClNO/c1-11-4-5-13(10-14(11)16)17-8-6-12(7-9-18)15(17,2)3/h4-5,10,12,18H,6-9H2,1-3H3. The van der Waals surface area contributed by atoms with Gasteiger partial charge in [-0.15, -0.1) is 0 Å². The fourth-order valence-electron chi connectivity index (χ4n) is 3.01. The number of hydrogen-bond donors (Lipinski definition) is 1. The Morgan fingerprint density at radius 3 is 2.78 bits per heavy atom. The number of aliphatic hydroxyl groups is 1.